The van der Waals surface area contributed by atoms with Crippen molar-refractivity contribution in [3.8, 4) is 5.75 Å². The Balaban J connectivity index is 1.96. The van der Waals surface area contributed by atoms with Crippen LogP contribution in [0.4, 0.5) is 5.69 Å². The number of carbonyl (C=O) groups excluding carboxylic acids is 1. The zero-order valence-corrected chi connectivity index (χ0v) is 21.2. The van der Waals surface area contributed by atoms with Gasteiger partial charge in [0.25, 0.3) is 5.91 Å². The minimum Gasteiger partial charge on any atom is -0.491 e. The Bertz CT molecular complexity index is 1080. The molecule has 0 unspecified atom stereocenters. The van der Waals surface area contributed by atoms with E-state index in [4.69, 9.17) is 9.47 Å². The maximum absolute atomic E-state index is 13.2. The van der Waals surface area contributed by atoms with Gasteiger partial charge in [0.2, 0.25) is 10.0 Å². The van der Waals surface area contributed by atoms with Crippen LogP contribution in [-0.2, 0) is 21.3 Å². The van der Waals surface area contributed by atoms with Gasteiger partial charge in [0.1, 0.15) is 12.4 Å². The number of anilines is 1. The quantitative estimate of drug-likeness (QED) is 0.687. The zero-order valence-electron chi connectivity index (χ0n) is 20.4. The van der Waals surface area contributed by atoms with E-state index in [-0.39, 0.29) is 24.0 Å². The number of carbonyl (C=O) groups is 1. The van der Waals surface area contributed by atoms with Crippen LogP contribution in [0.25, 0.3) is 0 Å². The number of ether oxygens (including phenoxy) is 2. The van der Waals surface area contributed by atoms with Crippen LogP contribution in [0.2, 0.25) is 0 Å². The number of rotatable bonds is 5. The zero-order chi connectivity index (χ0) is 24.9. The van der Waals surface area contributed by atoms with Gasteiger partial charge in [-0.05, 0) is 37.1 Å². The van der Waals surface area contributed by atoms with Crippen LogP contribution in [0.3, 0.4) is 0 Å². The predicted molar refractivity (Wildman–Crippen MR) is 131 cm³/mol. The minimum atomic E-state index is -3.47. The van der Waals surface area contributed by atoms with Crippen LogP contribution < -0.4 is 9.46 Å². The first-order chi connectivity index (χ1) is 16.1. The lowest BCUT2D eigenvalue weighted by atomic mass is 10.0. The van der Waals surface area contributed by atoms with E-state index in [0.717, 1.165) is 18.5 Å². The molecule has 1 aliphatic heterocycles. The standard InChI is InChI=1S/C24H34N4O5S/c1-17-13-28(14-20-8-6-7-11-25-20)18(2)16-33-22-12-19(26-34(5,30)31)9-10-21(22)24(29)27(3)15-23(17)32-4/h6-12,17-18,23,26H,13-16H2,1-5H3/t17-,18-,23-/m0/s1. The fourth-order valence-corrected chi connectivity index (χ4v) is 4.60. The minimum absolute atomic E-state index is 0.00593. The molecule has 1 N–H and O–H groups in total. The third kappa shape index (κ3) is 6.91. The van der Waals surface area contributed by atoms with Crippen molar-refractivity contribution in [2.45, 2.75) is 32.5 Å². The first-order valence-corrected chi connectivity index (χ1v) is 13.1. The molecule has 0 radical (unpaired) electrons. The highest BCUT2D eigenvalue weighted by molar-refractivity contribution is 7.92. The van der Waals surface area contributed by atoms with E-state index in [2.05, 4.69) is 28.5 Å². The second-order valence-electron chi connectivity index (χ2n) is 8.93. The number of methoxy groups -OCH3 is 1. The van der Waals surface area contributed by atoms with Gasteiger partial charge in [-0.25, -0.2) is 8.42 Å². The van der Waals surface area contributed by atoms with Gasteiger partial charge in [-0.15, -0.1) is 0 Å². The van der Waals surface area contributed by atoms with Crippen LogP contribution in [0, 0.1) is 5.92 Å². The monoisotopic (exact) mass is 490 g/mol. The summed E-state index contributed by atoms with van der Waals surface area (Å²) in [6, 6.07) is 10.6. The molecular formula is C24H34N4O5S. The summed E-state index contributed by atoms with van der Waals surface area (Å²) in [6.45, 7) is 6.27. The third-order valence-corrected chi connectivity index (χ3v) is 6.58. The first kappa shape index (κ1) is 25.9. The first-order valence-electron chi connectivity index (χ1n) is 11.2. The Morgan fingerprint density at radius 2 is 1.97 bits per heavy atom. The van der Waals surface area contributed by atoms with Gasteiger partial charge in [-0.1, -0.05) is 13.0 Å². The Labute approximate surface area is 202 Å². The van der Waals surface area contributed by atoms with E-state index in [1.54, 1.807) is 43.5 Å². The molecule has 0 saturated carbocycles. The molecule has 2 heterocycles. The van der Waals surface area contributed by atoms with Crippen LogP contribution >= 0.6 is 0 Å². The maximum atomic E-state index is 13.2. The number of hydrogen-bond donors (Lipinski definition) is 1. The molecule has 34 heavy (non-hydrogen) atoms. The number of aromatic nitrogens is 1. The average Bonchev–Trinajstić information content (AvgIpc) is 2.79. The van der Waals surface area contributed by atoms with Crippen molar-refractivity contribution in [3.63, 3.8) is 0 Å². The normalized spacial score (nSPS) is 22.8. The van der Waals surface area contributed by atoms with E-state index in [1.807, 2.05) is 18.2 Å². The van der Waals surface area contributed by atoms with Crippen LogP contribution in [0.15, 0.2) is 42.6 Å². The SMILES string of the molecule is CO[C@H]1CN(C)C(=O)c2ccc(NS(C)(=O)=O)cc2OC[C@H](C)N(Cc2ccccn2)C[C@@H]1C. The molecule has 0 spiro atoms. The van der Waals surface area contributed by atoms with Gasteiger partial charge in [-0.2, -0.15) is 0 Å². The summed E-state index contributed by atoms with van der Waals surface area (Å²) in [7, 11) is -0.0771. The molecule has 186 valence electrons. The predicted octanol–water partition coefficient (Wildman–Crippen LogP) is 2.46. The molecule has 1 aliphatic rings. The smallest absolute Gasteiger partial charge is 0.257 e. The average molecular weight is 491 g/mol. The number of nitrogens with one attached hydrogen (secondary N) is 1. The Hall–Kier alpha value is -2.69. The van der Waals surface area contributed by atoms with E-state index in [9.17, 15) is 13.2 Å². The molecule has 9 nitrogen and oxygen atoms in total. The Kier molecular flexibility index (Phi) is 8.51. The van der Waals surface area contributed by atoms with Crippen molar-refractivity contribution >= 4 is 21.6 Å². The lowest BCUT2D eigenvalue weighted by molar-refractivity contribution is 0.00901. The maximum Gasteiger partial charge on any atom is 0.257 e. The molecule has 0 fully saturated rings. The molecule has 3 rings (SSSR count). The van der Waals surface area contributed by atoms with Crippen molar-refractivity contribution in [3.05, 3.63) is 53.9 Å². The Morgan fingerprint density at radius 3 is 2.62 bits per heavy atom. The summed E-state index contributed by atoms with van der Waals surface area (Å²) in [5.74, 6) is 0.262. The molecule has 1 aromatic heterocycles. The van der Waals surface area contributed by atoms with Crippen molar-refractivity contribution in [2.24, 2.45) is 5.92 Å². The summed E-state index contributed by atoms with van der Waals surface area (Å²) < 4.78 is 37.8. The number of nitrogens with zero attached hydrogens (tertiary/aromatic N) is 3. The second kappa shape index (κ2) is 11.2. The largest absolute Gasteiger partial charge is 0.491 e. The third-order valence-electron chi connectivity index (χ3n) is 5.97. The lowest BCUT2D eigenvalue weighted by Crippen LogP contribution is -2.46. The molecule has 0 saturated heterocycles. The summed E-state index contributed by atoms with van der Waals surface area (Å²) in [5, 5.41) is 0. The number of amides is 1. The van der Waals surface area contributed by atoms with Gasteiger partial charge in [0.15, 0.2) is 0 Å². The number of benzene rings is 1. The molecule has 10 heteroatoms. The van der Waals surface area contributed by atoms with Gasteiger partial charge < -0.3 is 14.4 Å². The summed E-state index contributed by atoms with van der Waals surface area (Å²) in [4.78, 5) is 21.6. The highest BCUT2D eigenvalue weighted by Crippen LogP contribution is 2.27. The van der Waals surface area contributed by atoms with E-state index in [1.165, 1.54) is 0 Å². The molecule has 0 bridgehead atoms. The molecule has 1 amide bonds. The molecular weight excluding hydrogens is 456 g/mol. The van der Waals surface area contributed by atoms with E-state index >= 15 is 0 Å². The van der Waals surface area contributed by atoms with Gasteiger partial charge in [-0.3, -0.25) is 19.4 Å². The van der Waals surface area contributed by atoms with Crippen LogP contribution in [0.1, 0.15) is 29.9 Å². The number of fused-ring (bicyclic) bond motifs is 1. The topological polar surface area (TPSA) is 101 Å². The van der Waals surface area contributed by atoms with Crippen molar-refractivity contribution in [1.82, 2.24) is 14.8 Å². The summed E-state index contributed by atoms with van der Waals surface area (Å²) in [6.07, 6.45) is 2.69. The van der Waals surface area contributed by atoms with Crippen molar-refractivity contribution < 1.29 is 22.7 Å². The molecule has 0 aliphatic carbocycles. The van der Waals surface area contributed by atoms with Crippen LogP contribution in [0.5, 0.6) is 5.75 Å². The Morgan fingerprint density at radius 1 is 1.21 bits per heavy atom. The number of likely N-dealkylation sites (N-methyl/N-ethyl adjacent to an activating group) is 1. The van der Waals surface area contributed by atoms with Gasteiger partial charge in [0.05, 0.1) is 29.3 Å². The molecule has 2 aromatic rings. The van der Waals surface area contributed by atoms with Crippen molar-refractivity contribution in [2.75, 3.05) is 44.8 Å². The summed E-state index contributed by atoms with van der Waals surface area (Å²) in [5.41, 5.74) is 1.66. The second-order valence-corrected chi connectivity index (χ2v) is 10.7. The fourth-order valence-electron chi connectivity index (χ4n) is 4.04. The van der Waals surface area contributed by atoms with Crippen LogP contribution in [-0.4, -0.2) is 81.4 Å². The number of sulfonamides is 1. The van der Waals surface area contributed by atoms with E-state index < -0.39 is 10.0 Å². The summed E-state index contributed by atoms with van der Waals surface area (Å²) >= 11 is 0. The molecule has 3 atom stereocenters. The van der Waals surface area contributed by atoms with Crippen molar-refractivity contribution in [1.29, 1.82) is 0 Å². The number of pyridine rings is 1. The van der Waals surface area contributed by atoms with E-state index in [0.29, 0.717) is 36.7 Å². The molecule has 1 aromatic carbocycles. The lowest BCUT2D eigenvalue weighted by Gasteiger charge is -2.35. The van der Waals surface area contributed by atoms with Gasteiger partial charge in [0, 0.05) is 52.1 Å². The highest BCUT2D eigenvalue weighted by Gasteiger charge is 2.28. The van der Waals surface area contributed by atoms with Gasteiger partial charge >= 0.3 is 0 Å². The number of hydrogen-bond acceptors (Lipinski definition) is 7. The fraction of sp³-hybridized carbons (Fsp3) is 0.500. The highest BCUT2D eigenvalue weighted by atomic mass is 32.2.